The summed E-state index contributed by atoms with van der Waals surface area (Å²) >= 11 is 0. The van der Waals surface area contributed by atoms with Crippen molar-refractivity contribution in [2.24, 2.45) is 0 Å². The molecule has 0 aliphatic rings. The second-order valence-electron chi connectivity index (χ2n) is 4.79. The minimum absolute atomic E-state index is 0.0450. The fourth-order valence-corrected chi connectivity index (χ4v) is 1.24. The summed E-state index contributed by atoms with van der Waals surface area (Å²) in [5.74, 6) is -1.09. The van der Waals surface area contributed by atoms with Crippen molar-refractivity contribution in [3.63, 3.8) is 0 Å². The number of nitrogens with one attached hydrogen (secondary N) is 1. The van der Waals surface area contributed by atoms with Gasteiger partial charge in [-0.15, -0.1) is 0 Å². The molecule has 0 aliphatic heterocycles. The highest BCUT2D eigenvalue weighted by atomic mass is 16.6. The lowest BCUT2D eigenvalue weighted by molar-refractivity contribution is 0.0632. The van der Waals surface area contributed by atoms with E-state index in [1.165, 1.54) is 12.3 Å². The first kappa shape index (κ1) is 14.0. The molecule has 1 rings (SSSR count). The molecular weight excluding hydrogens is 236 g/mol. The van der Waals surface area contributed by atoms with E-state index < -0.39 is 17.7 Å². The summed E-state index contributed by atoms with van der Waals surface area (Å²) in [6.07, 6.45) is 0.732. The van der Waals surface area contributed by atoms with Gasteiger partial charge in [0.25, 0.3) is 0 Å². The van der Waals surface area contributed by atoms with E-state index in [4.69, 9.17) is 9.84 Å². The molecule has 0 atom stereocenters. The smallest absolute Gasteiger partial charge is 0.412 e. The van der Waals surface area contributed by atoms with Crippen LogP contribution in [-0.4, -0.2) is 27.8 Å². The van der Waals surface area contributed by atoms with Gasteiger partial charge in [0.1, 0.15) is 5.60 Å². The van der Waals surface area contributed by atoms with Crippen molar-refractivity contribution < 1.29 is 19.4 Å². The fraction of sp³-hybridized carbons (Fsp3) is 0.417. The van der Waals surface area contributed by atoms with Crippen molar-refractivity contribution in [3.05, 3.63) is 23.5 Å². The molecule has 0 bridgehead atoms. The van der Waals surface area contributed by atoms with Crippen molar-refractivity contribution in [1.29, 1.82) is 0 Å². The van der Waals surface area contributed by atoms with Crippen molar-refractivity contribution >= 4 is 17.7 Å². The van der Waals surface area contributed by atoms with Gasteiger partial charge < -0.3 is 9.84 Å². The number of aromatic carboxylic acids is 1. The summed E-state index contributed by atoms with van der Waals surface area (Å²) in [7, 11) is 0. The molecule has 2 N–H and O–H groups in total. The Hall–Kier alpha value is -2.11. The molecular formula is C12H16N2O4. The lowest BCUT2D eigenvalue weighted by Gasteiger charge is -2.19. The molecule has 0 saturated carbocycles. The van der Waals surface area contributed by atoms with Gasteiger partial charge in [0, 0.05) is 0 Å². The lowest BCUT2D eigenvalue weighted by atomic mass is 10.2. The van der Waals surface area contributed by atoms with E-state index in [1.54, 1.807) is 27.7 Å². The zero-order valence-corrected chi connectivity index (χ0v) is 10.8. The number of rotatable bonds is 2. The van der Waals surface area contributed by atoms with Crippen LogP contribution < -0.4 is 5.32 Å². The van der Waals surface area contributed by atoms with E-state index in [9.17, 15) is 9.59 Å². The Morgan fingerprint density at radius 2 is 2.00 bits per heavy atom. The minimum atomic E-state index is -1.09. The van der Waals surface area contributed by atoms with Gasteiger partial charge in [0.15, 0.2) is 0 Å². The normalized spacial score (nSPS) is 10.9. The Bertz CT molecular complexity index is 477. The standard InChI is InChI=1S/C12H16N2O4/c1-7-9(10(15)16)5-8(6-13-7)14-11(17)18-12(2,3)4/h5-6H,1-4H3,(H,14,17)(H,15,16). The Labute approximate surface area is 105 Å². The zero-order valence-electron chi connectivity index (χ0n) is 10.8. The highest BCUT2D eigenvalue weighted by molar-refractivity contribution is 5.92. The predicted molar refractivity (Wildman–Crippen MR) is 65.8 cm³/mol. The van der Waals surface area contributed by atoms with E-state index >= 15 is 0 Å². The van der Waals surface area contributed by atoms with Crippen LogP contribution in [0.25, 0.3) is 0 Å². The summed E-state index contributed by atoms with van der Waals surface area (Å²) in [5, 5.41) is 11.4. The summed E-state index contributed by atoms with van der Waals surface area (Å²) in [4.78, 5) is 26.3. The molecule has 1 aromatic heterocycles. The number of aryl methyl sites for hydroxylation is 1. The molecule has 0 aromatic carbocycles. The van der Waals surface area contributed by atoms with Gasteiger partial charge in [-0.25, -0.2) is 9.59 Å². The van der Waals surface area contributed by atoms with Gasteiger partial charge in [0.2, 0.25) is 0 Å². The zero-order chi connectivity index (χ0) is 13.9. The number of hydrogen-bond donors (Lipinski definition) is 2. The van der Waals surface area contributed by atoms with Crippen LogP contribution >= 0.6 is 0 Å². The number of amides is 1. The van der Waals surface area contributed by atoms with Crippen molar-refractivity contribution in [3.8, 4) is 0 Å². The molecule has 0 fully saturated rings. The number of carbonyl (C=O) groups excluding carboxylic acids is 1. The summed E-state index contributed by atoms with van der Waals surface area (Å²) in [5.41, 5.74) is 0.103. The maximum Gasteiger partial charge on any atom is 0.412 e. The number of aromatic nitrogens is 1. The van der Waals surface area contributed by atoms with Crippen LogP contribution in [0.15, 0.2) is 12.3 Å². The minimum Gasteiger partial charge on any atom is -0.478 e. The van der Waals surface area contributed by atoms with Gasteiger partial charge >= 0.3 is 12.1 Å². The van der Waals surface area contributed by atoms with Gasteiger partial charge in [-0.3, -0.25) is 10.3 Å². The Balaban J connectivity index is 2.83. The van der Waals surface area contributed by atoms with E-state index in [-0.39, 0.29) is 11.3 Å². The number of carboxylic acid groups (broad SMARTS) is 1. The number of carboxylic acids is 1. The van der Waals surface area contributed by atoms with Crippen molar-refractivity contribution in [2.45, 2.75) is 33.3 Å². The van der Waals surface area contributed by atoms with Crippen molar-refractivity contribution in [1.82, 2.24) is 4.98 Å². The molecule has 6 nitrogen and oxygen atoms in total. The molecule has 0 radical (unpaired) electrons. The number of carbonyl (C=O) groups is 2. The summed E-state index contributed by atoms with van der Waals surface area (Å²) in [6, 6.07) is 1.34. The predicted octanol–water partition coefficient (Wildman–Crippen LogP) is 2.44. The Kier molecular flexibility index (Phi) is 3.90. The van der Waals surface area contributed by atoms with E-state index in [1.807, 2.05) is 0 Å². The Morgan fingerprint density at radius 1 is 1.39 bits per heavy atom. The van der Waals surface area contributed by atoms with Gasteiger partial charge in [0.05, 0.1) is 23.1 Å². The molecule has 1 amide bonds. The third-order valence-corrected chi connectivity index (χ3v) is 1.96. The monoisotopic (exact) mass is 252 g/mol. The number of nitrogens with zero attached hydrogens (tertiary/aromatic N) is 1. The van der Waals surface area contributed by atoms with Crippen molar-refractivity contribution in [2.75, 3.05) is 5.32 Å². The van der Waals surface area contributed by atoms with Crippen LogP contribution in [0.5, 0.6) is 0 Å². The first-order valence-electron chi connectivity index (χ1n) is 5.39. The van der Waals surface area contributed by atoms with E-state index in [0.717, 1.165) is 0 Å². The van der Waals surface area contributed by atoms with E-state index in [0.29, 0.717) is 5.69 Å². The fourth-order valence-electron chi connectivity index (χ4n) is 1.24. The number of pyridine rings is 1. The molecule has 0 spiro atoms. The molecule has 1 aromatic rings. The molecule has 1 heterocycles. The maximum atomic E-state index is 11.5. The van der Waals surface area contributed by atoms with Crippen LogP contribution in [0.4, 0.5) is 10.5 Å². The Morgan fingerprint density at radius 3 is 2.50 bits per heavy atom. The average Bonchev–Trinajstić information content (AvgIpc) is 2.17. The topological polar surface area (TPSA) is 88.5 Å². The second kappa shape index (κ2) is 5.03. The average molecular weight is 252 g/mol. The highest BCUT2D eigenvalue weighted by Gasteiger charge is 2.17. The van der Waals surface area contributed by atoms with Crippen LogP contribution in [-0.2, 0) is 4.74 Å². The van der Waals surface area contributed by atoms with Gasteiger partial charge in [-0.1, -0.05) is 0 Å². The maximum absolute atomic E-state index is 11.5. The lowest BCUT2D eigenvalue weighted by Crippen LogP contribution is -2.27. The second-order valence-corrected chi connectivity index (χ2v) is 4.79. The van der Waals surface area contributed by atoms with Crippen LogP contribution in [0.2, 0.25) is 0 Å². The molecule has 98 valence electrons. The molecule has 6 heteroatoms. The molecule has 0 unspecified atom stereocenters. The van der Waals surface area contributed by atoms with Gasteiger partial charge in [-0.2, -0.15) is 0 Å². The quantitative estimate of drug-likeness (QED) is 0.843. The number of anilines is 1. The summed E-state index contributed by atoms with van der Waals surface area (Å²) in [6.45, 7) is 6.80. The third-order valence-electron chi connectivity index (χ3n) is 1.96. The van der Waals surface area contributed by atoms with Crippen LogP contribution in [0, 0.1) is 6.92 Å². The SMILES string of the molecule is Cc1ncc(NC(=O)OC(C)(C)C)cc1C(=O)O. The third kappa shape index (κ3) is 4.04. The molecule has 0 aliphatic carbocycles. The largest absolute Gasteiger partial charge is 0.478 e. The first-order valence-corrected chi connectivity index (χ1v) is 5.39. The summed E-state index contributed by atoms with van der Waals surface area (Å²) < 4.78 is 5.05. The first-order chi connectivity index (χ1) is 8.19. The highest BCUT2D eigenvalue weighted by Crippen LogP contribution is 2.14. The molecule has 18 heavy (non-hydrogen) atoms. The number of ether oxygens (including phenoxy) is 1. The van der Waals surface area contributed by atoms with Gasteiger partial charge in [-0.05, 0) is 33.8 Å². The van der Waals surface area contributed by atoms with Crippen LogP contribution in [0.1, 0.15) is 36.8 Å². The van der Waals surface area contributed by atoms with E-state index in [2.05, 4.69) is 10.3 Å². The van der Waals surface area contributed by atoms with Crippen LogP contribution in [0.3, 0.4) is 0 Å². The molecule has 0 saturated heterocycles. The number of hydrogen-bond acceptors (Lipinski definition) is 4.